The number of hydrogen-bond donors (Lipinski definition) is 1. The van der Waals surface area contributed by atoms with E-state index in [-0.39, 0.29) is 19.6 Å². The molecule has 0 rings (SSSR count). The number of rotatable bonds is 8. The van der Waals surface area contributed by atoms with E-state index < -0.39 is 11.9 Å². The summed E-state index contributed by atoms with van der Waals surface area (Å²) in [7, 11) is 0. The largest absolute Gasteiger partial charge is 0.481 e. The fourth-order valence-corrected chi connectivity index (χ4v) is 0.711. The van der Waals surface area contributed by atoms with E-state index in [2.05, 4.69) is 6.58 Å². The molecule has 0 saturated heterocycles. The zero-order valence-corrected chi connectivity index (χ0v) is 8.82. The van der Waals surface area contributed by atoms with E-state index in [9.17, 15) is 9.59 Å². The van der Waals surface area contributed by atoms with Crippen molar-refractivity contribution in [2.75, 3.05) is 19.8 Å². The van der Waals surface area contributed by atoms with Crippen LogP contribution in [0, 0.1) is 0 Å². The summed E-state index contributed by atoms with van der Waals surface area (Å²) in [5.74, 6) is -1.30. The number of carbonyl (C=O) groups is 2. The Morgan fingerprint density at radius 1 is 1.27 bits per heavy atom. The van der Waals surface area contributed by atoms with Gasteiger partial charge in [0.15, 0.2) is 0 Å². The van der Waals surface area contributed by atoms with E-state index in [0.29, 0.717) is 18.6 Å². The van der Waals surface area contributed by atoms with Crippen molar-refractivity contribution in [2.24, 2.45) is 0 Å². The Bertz CT molecular complexity index is 234. The second kappa shape index (κ2) is 7.99. The van der Waals surface area contributed by atoms with Crippen LogP contribution >= 0.6 is 0 Å². The number of esters is 1. The molecule has 0 fully saturated rings. The Balaban J connectivity index is 3.22. The monoisotopic (exact) mass is 216 g/mol. The molecule has 5 nitrogen and oxygen atoms in total. The Labute approximate surface area is 88.7 Å². The SMILES string of the molecule is C=C(C)C(=O)OCCCOCCC(=O)O. The van der Waals surface area contributed by atoms with Crippen molar-refractivity contribution < 1.29 is 24.2 Å². The second-order valence-corrected chi connectivity index (χ2v) is 3.03. The van der Waals surface area contributed by atoms with E-state index in [0.717, 1.165) is 0 Å². The summed E-state index contributed by atoms with van der Waals surface area (Å²) in [6.45, 7) is 5.84. The molecular formula is C10H16O5. The van der Waals surface area contributed by atoms with Crippen LogP contribution in [0.3, 0.4) is 0 Å². The number of aliphatic carboxylic acids is 1. The van der Waals surface area contributed by atoms with Crippen LogP contribution in [0.4, 0.5) is 0 Å². The summed E-state index contributed by atoms with van der Waals surface area (Å²) >= 11 is 0. The number of carboxylic acid groups (broad SMARTS) is 1. The Kier molecular flexibility index (Phi) is 7.27. The maximum absolute atomic E-state index is 10.9. The van der Waals surface area contributed by atoms with E-state index in [1.54, 1.807) is 6.92 Å². The predicted octanol–water partition coefficient (Wildman–Crippen LogP) is 0.987. The van der Waals surface area contributed by atoms with Crippen molar-refractivity contribution >= 4 is 11.9 Å². The van der Waals surface area contributed by atoms with Crippen LogP contribution in [0.25, 0.3) is 0 Å². The van der Waals surface area contributed by atoms with Crippen molar-refractivity contribution in [3.05, 3.63) is 12.2 Å². The summed E-state index contributed by atoms with van der Waals surface area (Å²) in [5.41, 5.74) is 0.363. The third-order valence-corrected chi connectivity index (χ3v) is 1.47. The molecule has 0 heterocycles. The van der Waals surface area contributed by atoms with Crippen molar-refractivity contribution in [1.82, 2.24) is 0 Å². The normalized spacial score (nSPS) is 9.67. The molecular weight excluding hydrogens is 200 g/mol. The van der Waals surface area contributed by atoms with Gasteiger partial charge in [-0.15, -0.1) is 0 Å². The van der Waals surface area contributed by atoms with Crippen LogP contribution in [0.15, 0.2) is 12.2 Å². The third kappa shape index (κ3) is 8.96. The molecule has 0 aromatic heterocycles. The van der Waals surface area contributed by atoms with Gasteiger partial charge in [-0.05, 0) is 6.92 Å². The predicted molar refractivity (Wildman–Crippen MR) is 53.5 cm³/mol. The summed E-state index contributed by atoms with van der Waals surface area (Å²) in [6, 6.07) is 0. The topological polar surface area (TPSA) is 72.8 Å². The molecule has 0 aromatic carbocycles. The van der Waals surface area contributed by atoms with Crippen molar-refractivity contribution in [3.8, 4) is 0 Å². The Hall–Kier alpha value is -1.36. The van der Waals surface area contributed by atoms with Crippen LogP contribution in [-0.2, 0) is 19.1 Å². The maximum atomic E-state index is 10.9. The van der Waals surface area contributed by atoms with Gasteiger partial charge in [-0.25, -0.2) is 4.79 Å². The van der Waals surface area contributed by atoms with Crippen LogP contribution in [0.5, 0.6) is 0 Å². The van der Waals surface area contributed by atoms with E-state index in [1.165, 1.54) is 0 Å². The average Bonchev–Trinajstić information content (AvgIpc) is 2.15. The number of carboxylic acids is 1. The first-order valence-corrected chi connectivity index (χ1v) is 4.66. The molecule has 0 aliphatic carbocycles. The van der Waals surface area contributed by atoms with Crippen molar-refractivity contribution in [2.45, 2.75) is 19.8 Å². The van der Waals surface area contributed by atoms with Crippen molar-refractivity contribution in [1.29, 1.82) is 0 Å². The van der Waals surface area contributed by atoms with Gasteiger partial charge >= 0.3 is 11.9 Å². The zero-order valence-electron chi connectivity index (χ0n) is 8.82. The van der Waals surface area contributed by atoms with Crippen LogP contribution in [-0.4, -0.2) is 36.9 Å². The molecule has 15 heavy (non-hydrogen) atoms. The highest BCUT2D eigenvalue weighted by Crippen LogP contribution is 1.94. The summed E-state index contributed by atoms with van der Waals surface area (Å²) < 4.78 is 9.79. The smallest absolute Gasteiger partial charge is 0.333 e. The molecule has 0 atom stereocenters. The minimum absolute atomic E-state index is 0.00838. The summed E-state index contributed by atoms with van der Waals surface area (Å²) in [4.78, 5) is 21.0. The number of hydrogen-bond acceptors (Lipinski definition) is 4. The first kappa shape index (κ1) is 13.6. The first-order chi connectivity index (χ1) is 7.04. The molecule has 0 spiro atoms. The van der Waals surface area contributed by atoms with Gasteiger partial charge < -0.3 is 14.6 Å². The van der Waals surface area contributed by atoms with Crippen molar-refractivity contribution in [3.63, 3.8) is 0 Å². The van der Waals surface area contributed by atoms with Gasteiger partial charge in [0.05, 0.1) is 19.6 Å². The molecule has 0 unspecified atom stereocenters. The van der Waals surface area contributed by atoms with E-state index >= 15 is 0 Å². The summed E-state index contributed by atoms with van der Waals surface area (Å²) in [5, 5.41) is 8.29. The molecule has 1 N–H and O–H groups in total. The fraction of sp³-hybridized carbons (Fsp3) is 0.600. The minimum atomic E-state index is -0.885. The molecule has 0 amide bonds. The lowest BCUT2D eigenvalue weighted by Gasteiger charge is -2.04. The average molecular weight is 216 g/mol. The Morgan fingerprint density at radius 3 is 2.47 bits per heavy atom. The second-order valence-electron chi connectivity index (χ2n) is 3.03. The summed E-state index contributed by atoms with van der Waals surface area (Å²) in [6.07, 6.45) is 0.546. The molecule has 0 aromatic rings. The maximum Gasteiger partial charge on any atom is 0.333 e. The van der Waals surface area contributed by atoms with Gasteiger partial charge in [0, 0.05) is 18.6 Å². The van der Waals surface area contributed by atoms with Crippen LogP contribution in [0.2, 0.25) is 0 Å². The van der Waals surface area contributed by atoms with E-state index in [4.69, 9.17) is 14.6 Å². The minimum Gasteiger partial charge on any atom is -0.481 e. The molecule has 5 heteroatoms. The van der Waals surface area contributed by atoms with Gasteiger partial charge in [-0.3, -0.25) is 4.79 Å². The molecule has 0 aliphatic rings. The quantitative estimate of drug-likeness (QED) is 0.372. The lowest BCUT2D eigenvalue weighted by molar-refractivity contribution is -0.139. The molecule has 0 saturated carbocycles. The van der Waals surface area contributed by atoms with Crippen LogP contribution in [0.1, 0.15) is 19.8 Å². The van der Waals surface area contributed by atoms with E-state index in [1.807, 2.05) is 0 Å². The van der Waals surface area contributed by atoms with Gasteiger partial charge in [0.2, 0.25) is 0 Å². The highest BCUT2D eigenvalue weighted by Gasteiger charge is 2.02. The van der Waals surface area contributed by atoms with Gasteiger partial charge in [-0.1, -0.05) is 6.58 Å². The van der Waals surface area contributed by atoms with Gasteiger partial charge in [-0.2, -0.15) is 0 Å². The highest BCUT2D eigenvalue weighted by atomic mass is 16.5. The first-order valence-electron chi connectivity index (χ1n) is 4.66. The van der Waals surface area contributed by atoms with Gasteiger partial charge in [0.25, 0.3) is 0 Å². The lowest BCUT2D eigenvalue weighted by atomic mass is 10.4. The lowest BCUT2D eigenvalue weighted by Crippen LogP contribution is -2.09. The third-order valence-electron chi connectivity index (χ3n) is 1.47. The fourth-order valence-electron chi connectivity index (χ4n) is 0.711. The molecule has 0 radical (unpaired) electrons. The number of carbonyl (C=O) groups excluding carboxylic acids is 1. The highest BCUT2D eigenvalue weighted by molar-refractivity contribution is 5.86. The Morgan fingerprint density at radius 2 is 1.93 bits per heavy atom. The standard InChI is InChI=1S/C10H16O5/c1-8(2)10(13)15-6-3-5-14-7-4-9(11)12/h1,3-7H2,2H3,(H,11,12). The number of ether oxygens (including phenoxy) is 2. The molecule has 0 aliphatic heterocycles. The van der Waals surface area contributed by atoms with Crippen LogP contribution < -0.4 is 0 Å². The molecule has 0 bridgehead atoms. The van der Waals surface area contributed by atoms with Gasteiger partial charge in [0.1, 0.15) is 0 Å². The zero-order chi connectivity index (χ0) is 11.7. The molecule has 86 valence electrons.